The van der Waals surface area contributed by atoms with Crippen molar-refractivity contribution >= 4 is 11.8 Å². The summed E-state index contributed by atoms with van der Waals surface area (Å²) in [5.41, 5.74) is 11.6. The normalized spacial score (nSPS) is 14.1. The summed E-state index contributed by atoms with van der Waals surface area (Å²) in [4.78, 5) is 2.81. The number of nitrogens with zero attached hydrogens (tertiary/aromatic N) is 3. The van der Waals surface area contributed by atoms with Crippen molar-refractivity contribution < 1.29 is 0 Å². The fourth-order valence-electron chi connectivity index (χ4n) is 1.49. The molecule has 2 rings (SSSR count). The molecule has 0 bridgehead atoms. The van der Waals surface area contributed by atoms with Crippen molar-refractivity contribution in [1.82, 2.24) is 0 Å². The molecule has 0 saturated heterocycles. The summed E-state index contributed by atoms with van der Waals surface area (Å²) in [5, 5.41) is 3.65. The monoisotopic (exact) mass is 185 g/mol. The van der Waals surface area contributed by atoms with Crippen molar-refractivity contribution in [3.63, 3.8) is 0 Å². The van der Waals surface area contributed by atoms with Crippen molar-refractivity contribution in [2.75, 3.05) is 0 Å². The molecule has 14 heavy (non-hydrogen) atoms. The average Bonchev–Trinajstić information content (AvgIpc) is 2.14. The van der Waals surface area contributed by atoms with Crippen molar-refractivity contribution in [2.24, 2.45) is 5.11 Å². The van der Waals surface area contributed by atoms with Gasteiger partial charge in [0.2, 0.25) is 0 Å². The maximum Gasteiger partial charge on any atom is 0.0447 e. The zero-order valence-electron chi connectivity index (χ0n) is 7.85. The number of allylic oxidation sites excluding steroid dienone is 1. The molecular weight excluding hydrogens is 174 g/mol. The zero-order valence-corrected chi connectivity index (χ0v) is 7.85. The Morgan fingerprint density at radius 1 is 1.29 bits per heavy atom. The molecule has 1 fully saturated rings. The second-order valence-corrected chi connectivity index (χ2v) is 3.40. The highest BCUT2D eigenvalue weighted by molar-refractivity contribution is 5.66. The maximum atomic E-state index is 8.39. The molecule has 3 heteroatoms. The first kappa shape index (κ1) is 8.85. The van der Waals surface area contributed by atoms with Crippen LogP contribution in [0.2, 0.25) is 0 Å². The zero-order chi connectivity index (χ0) is 9.80. The van der Waals surface area contributed by atoms with Crippen LogP contribution in [0.5, 0.6) is 0 Å². The van der Waals surface area contributed by atoms with Crippen LogP contribution in [-0.4, -0.2) is 0 Å². The molecule has 1 aliphatic rings. The van der Waals surface area contributed by atoms with Crippen molar-refractivity contribution in [2.45, 2.75) is 19.3 Å². The first-order valence-corrected chi connectivity index (χ1v) is 4.74. The average molecular weight is 185 g/mol. The van der Waals surface area contributed by atoms with Gasteiger partial charge in [-0.05, 0) is 30.4 Å². The summed E-state index contributed by atoms with van der Waals surface area (Å²) in [5.74, 6) is 0. The Morgan fingerprint density at radius 3 is 2.71 bits per heavy atom. The minimum absolute atomic E-state index is 0.717. The summed E-state index contributed by atoms with van der Waals surface area (Å²) >= 11 is 0. The van der Waals surface area contributed by atoms with E-state index in [1.165, 1.54) is 24.8 Å². The van der Waals surface area contributed by atoms with Gasteiger partial charge in [-0.2, -0.15) is 0 Å². The first-order valence-electron chi connectivity index (χ1n) is 4.74. The summed E-state index contributed by atoms with van der Waals surface area (Å²) in [6.07, 6.45) is 5.79. The standard InChI is InChI=1S/C11H11N3/c12-14-13-11-7-2-1-6-10(11)8-9-4-3-5-9/h1-2,6-8H,3-5H2. The van der Waals surface area contributed by atoms with E-state index in [2.05, 4.69) is 16.1 Å². The van der Waals surface area contributed by atoms with E-state index in [1.807, 2.05) is 24.3 Å². The number of benzene rings is 1. The molecule has 1 saturated carbocycles. The molecule has 1 aliphatic carbocycles. The molecule has 0 aliphatic heterocycles. The van der Waals surface area contributed by atoms with E-state index in [9.17, 15) is 0 Å². The summed E-state index contributed by atoms with van der Waals surface area (Å²) in [6, 6.07) is 7.66. The number of rotatable bonds is 2. The lowest BCUT2D eigenvalue weighted by Crippen LogP contribution is -1.95. The van der Waals surface area contributed by atoms with Crippen LogP contribution in [0.4, 0.5) is 5.69 Å². The van der Waals surface area contributed by atoms with Crippen molar-refractivity contribution in [3.8, 4) is 0 Å². The Morgan fingerprint density at radius 2 is 2.07 bits per heavy atom. The molecule has 70 valence electrons. The van der Waals surface area contributed by atoms with Gasteiger partial charge in [0.25, 0.3) is 0 Å². The summed E-state index contributed by atoms with van der Waals surface area (Å²) < 4.78 is 0. The molecule has 0 radical (unpaired) electrons. The number of hydrogen-bond acceptors (Lipinski definition) is 1. The van der Waals surface area contributed by atoms with Crippen LogP contribution in [0.25, 0.3) is 16.5 Å². The first-order chi connectivity index (χ1) is 6.90. The molecule has 3 nitrogen and oxygen atoms in total. The lowest BCUT2D eigenvalue weighted by atomic mass is 9.90. The van der Waals surface area contributed by atoms with E-state index in [4.69, 9.17) is 5.53 Å². The van der Waals surface area contributed by atoms with Crippen LogP contribution in [0.3, 0.4) is 0 Å². The topological polar surface area (TPSA) is 48.8 Å². The molecule has 1 aromatic rings. The van der Waals surface area contributed by atoms with Gasteiger partial charge in [0, 0.05) is 10.6 Å². The van der Waals surface area contributed by atoms with Crippen LogP contribution in [-0.2, 0) is 0 Å². The van der Waals surface area contributed by atoms with Gasteiger partial charge in [-0.15, -0.1) is 0 Å². The van der Waals surface area contributed by atoms with Gasteiger partial charge in [0.15, 0.2) is 0 Å². The lowest BCUT2D eigenvalue weighted by molar-refractivity contribution is 0.670. The van der Waals surface area contributed by atoms with Crippen molar-refractivity contribution in [3.05, 3.63) is 45.8 Å². The fraction of sp³-hybridized carbons (Fsp3) is 0.273. The maximum absolute atomic E-state index is 8.39. The molecule has 0 spiro atoms. The lowest BCUT2D eigenvalue weighted by Gasteiger charge is -2.16. The van der Waals surface area contributed by atoms with E-state index in [0.29, 0.717) is 0 Å². The van der Waals surface area contributed by atoms with Gasteiger partial charge < -0.3 is 0 Å². The largest absolute Gasteiger partial charge is 0.0696 e. The second-order valence-electron chi connectivity index (χ2n) is 3.40. The van der Waals surface area contributed by atoms with Gasteiger partial charge in [0.1, 0.15) is 0 Å². The van der Waals surface area contributed by atoms with E-state index < -0.39 is 0 Å². The second kappa shape index (κ2) is 3.99. The Bertz CT molecular complexity index is 408. The van der Waals surface area contributed by atoms with Crippen LogP contribution in [0, 0.1) is 0 Å². The quantitative estimate of drug-likeness (QED) is 0.376. The number of hydrogen-bond donors (Lipinski definition) is 0. The molecule has 0 aromatic heterocycles. The SMILES string of the molecule is [N-]=[N+]=Nc1ccccc1C=C1CCC1. The molecule has 0 amide bonds. The van der Waals surface area contributed by atoms with Crippen LogP contribution < -0.4 is 0 Å². The van der Waals surface area contributed by atoms with Gasteiger partial charge in [-0.3, -0.25) is 0 Å². The molecule has 0 heterocycles. The third kappa shape index (κ3) is 1.78. The van der Waals surface area contributed by atoms with Crippen LogP contribution in [0.15, 0.2) is 35.0 Å². The molecule has 0 N–H and O–H groups in total. The van der Waals surface area contributed by atoms with Gasteiger partial charge in [-0.25, -0.2) is 0 Å². The predicted octanol–water partition coefficient (Wildman–Crippen LogP) is 4.20. The Balaban J connectivity index is 2.35. The van der Waals surface area contributed by atoms with E-state index >= 15 is 0 Å². The van der Waals surface area contributed by atoms with Gasteiger partial charge in [0.05, 0.1) is 0 Å². The van der Waals surface area contributed by atoms with Crippen LogP contribution in [0.1, 0.15) is 24.8 Å². The summed E-state index contributed by atoms with van der Waals surface area (Å²) in [7, 11) is 0. The Labute approximate surface area is 82.7 Å². The minimum Gasteiger partial charge on any atom is -0.0696 e. The molecule has 0 unspecified atom stereocenters. The van der Waals surface area contributed by atoms with E-state index in [1.54, 1.807) is 0 Å². The predicted molar refractivity (Wildman–Crippen MR) is 57.1 cm³/mol. The Hall–Kier alpha value is -1.73. The fourth-order valence-corrected chi connectivity index (χ4v) is 1.49. The van der Waals surface area contributed by atoms with E-state index in [-0.39, 0.29) is 0 Å². The highest BCUT2D eigenvalue weighted by Crippen LogP contribution is 2.30. The third-order valence-corrected chi connectivity index (χ3v) is 2.44. The smallest absolute Gasteiger partial charge is 0.0447 e. The van der Waals surface area contributed by atoms with E-state index in [0.717, 1.165) is 11.3 Å². The highest BCUT2D eigenvalue weighted by atomic mass is 15.1. The highest BCUT2D eigenvalue weighted by Gasteiger charge is 2.08. The number of azide groups is 1. The molecule has 0 atom stereocenters. The molecular formula is C11H11N3. The van der Waals surface area contributed by atoms with Crippen LogP contribution >= 0.6 is 0 Å². The summed E-state index contributed by atoms with van der Waals surface area (Å²) in [6.45, 7) is 0. The minimum atomic E-state index is 0.717. The van der Waals surface area contributed by atoms with Gasteiger partial charge in [-0.1, -0.05) is 41.0 Å². The van der Waals surface area contributed by atoms with Gasteiger partial charge >= 0.3 is 0 Å². The molecule has 1 aromatic carbocycles. The Kier molecular flexibility index (Phi) is 2.52. The van der Waals surface area contributed by atoms with Crippen molar-refractivity contribution in [1.29, 1.82) is 0 Å². The third-order valence-electron chi connectivity index (χ3n) is 2.44.